The lowest BCUT2D eigenvalue weighted by atomic mass is 9.98. The average molecular weight is 277 g/mol. The van der Waals surface area contributed by atoms with Gasteiger partial charge in [-0.15, -0.1) is 0 Å². The number of rotatable bonds is 6. The number of carbonyl (C=O) groups excluding carboxylic acids is 1. The number of nitrogens with one attached hydrogen (secondary N) is 1. The third-order valence-corrected chi connectivity index (χ3v) is 3.63. The Morgan fingerprint density at radius 2 is 2.05 bits per heavy atom. The van der Waals surface area contributed by atoms with Gasteiger partial charge in [-0.05, 0) is 31.0 Å². The standard InChI is InChI=1S/C15H23N3O2/c16-11-6-7-13(15(17)19)14(10-11)18-8-9-20-12-4-2-1-3-5-12/h6-7,10,12,18H,1-5,8-9,16H2,(H2,17,19). The van der Waals surface area contributed by atoms with Crippen molar-refractivity contribution in [1.82, 2.24) is 0 Å². The summed E-state index contributed by atoms with van der Waals surface area (Å²) in [6.07, 6.45) is 6.55. The molecule has 0 heterocycles. The number of anilines is 2. The van der Waals surface area contributed by atoms with E-state index in [4.69, 9.17) is 16.2 Å². The zero-order valence-corrected chi connectivity index (χ0v) is 11.7. The van der Waals surface area contributed by atoms with E-state index in [0.29, 0.717) is 36.2 Å². The Balaban J connectivity index is 1.81. The maximum atomic E-state index is 11.3. The number of primary amides is 1. The highest BCUT2D eigenvalue weighted by Crippen LogP contribution is 2.21. The molecular formula is C15H23N3O2. The molecule has 1 saturated carbocycles. The van der Waals surface area contributed by atoms with Crippen LogP contribution in [0.5, 0.6) is 0 Å². The minimum absolute atomic E-state index is 0.391. The molecule has 5 N–H and O–H groups in total. The maximum Gasteiger partial charge on any atom is 0.250 e. The van der Waals surface area contributed by atoms with Crippen molar-refractivity contribution in [2.75, 3.05) is 24.2 Å². The fourth-order valence-electron chi connectivity index (χ4n) is 2.57. The molecule has 110 valence electrons. The fourth-order valence-corrected chi connectivity index (χ4v) is 2.57. The summed E-state index contributed by atoms with van der Waals surface area (Å²) < 4.78 is 5.83. The van der Waals surface area contributed by atoms with Gasteiger partial charge in [0.2, 0.25) is 0 Å². The summed E-state index contributed by atoms with van der Waals surface area (Å²) in [6.45, 7) is 1.26. The van der Waals surface area contributed by atoms with Crippen LogP contribution >= 0.6 is 0 Å². The lowest BCUT2D eigenvalue weighted by molar-refractivity contribution is 0.0347. The van der Waals surface area contributed by atoms with E-state index in [1.165, 1.54) is 19.3 Å². The summed E-state index contributed by atoms with van der Waals surface area (Å²) in [6, 6.07) is 5.03. The molecule has 0 aliphatic heterocycles. The number of ether oxygens (including phenoxy) is 1. The van der Waals surface area contributed by atoms with Crippen LogP contribution in [0.1, 0.15) is 42.5 Å². The van der Waals surface area contributed by atoms with Gasteiger partial charge in [-0.25, -0.2) is 0 Å². The topological polar surface area (TPSA) is 90.4 Å². The molecule has 5 heteroatoms. The molecule has 0 unspecified atom stereocenters. The van der Waals surface area contributed by atoms with Crippen LogP contribution < -0.4 is 16.8 Å². The number of carbonyl (C=O) groups is 1. The zero-order valence-electron chi connectivity index (χ0n) is 11.7. The van der Waals surface area contributed by atoms with E-state index in [1.54, 1.807) is 18.2 Å². The largest absolute Gasteiger partial charge is 0.399 e. The van der Waals surface area contributed by atoms with Crippen LogP contribution in [0.3, 0.4) is 0 Å². The van der Waals surface area contributed by atoms with Crippen LogP contribution in [-0.4, -0.2) is 25.2 Å². The van der Waals surface area contributed by atoms with E-state index in [1.807, 2.05) is 0 Å². The molecule has 0 bridgehead atoms. The SMILES string of the molecule is NC(=O)c1ccc(N)cc1NCCOC1CCCCC1. The quantitative estimate of drug-likeness (QED) is 0.549. The molecule has 0 aromatic heterocycles. The first-order valence-corrected chi connectivity index (χ1v) is 7.21. The molecule has 20 heavy (non-hydrogen) atoms. The van der Waals surface area contributed by atoms with Crippen molar-refractivity contribution >= 4 is 17.3 Å². The first kappa shape index (κ1) is 14.7. The molecule has 1 aromatic carbocycles. The molecule has 1 fully saturated rings. The molecule has 0 atom stereocenters. The van der Waals surface area contributed by atoms with Crippen LogP contribution in [0.15, 0.2) is 18.2 Å². The van der Waals surface area contributed by atoms with Crippen LogP contribution in [0.25, 0.3) is 0 Å². The number of nitrogens with two attached hydrogens (primary N) is 2. The number of benzene rings is 1. The van der Waals surface area contributed by atoms with Gasteiger partial charge in [-0.3, -0.25) is 4.79 Å². The Bertz CT molecular complexity index is 456. The predicted octanol–water partition coefficient (Wildman–Crippen LogP) is 2.13. The number of amides is 1. The van der Waals surface area contributed by atoms with Crippen molar-refractivity contribution in [2.45, 2.75) is 38.2 Å². The Hall–Kier alpha value is -1.75. The fraction of sp³-hybridized carbons (Fsp3) is 0.533. The molecule has 1 aromatic rings. The van der Waals surface area contributed by atoms with Crippen molar-refractivity contribution in [3.05, 3.63) is 23.8 Å². The van der Waals surface area contributed by atoms with E-state index in [9.17, 15) is 4.79 Å². The lowest BCUT2D eigenvalue weighted by Gasteiger charge is -2.22. The number of hydrogen-bond donors (Lipinski definition) is 3. The van der Waals surface area contributed by atoms with Gasteiger partial charge < -0.3 is 21.5 Å². The summed E-state index contributed by atoms with van der Waals surface area (Å²) in [5, 5.41) is 3.17. The minimum atomic E-state index is -0.458. The smallest absolute Gasteiger partial charge is 0.250 e. The first-order valence-electron chi connectivity index (χ1n) is 7.21. The van der Waals surface area contributed by atoms with Crippen molar-refractivity contribution in [1.29, 1.82) is 0 Å². The third kappa shape index (κ3) is 4.13. The Kier molecular flexibility index (Phi) is 5.24. The van der Waals surface area contributed by atoms with E-state index >= 15 is 0 Å². The first-order chi connectivity index (χ1) is 9.66. The second kappa shape index (κ2) is 7.14. The lowest BCUT2D eigenvalue weighted by Crippen LogP contribution is -2.21. The van der Waals surface area contributed by atoms with Gasteiger partial charge >= 0.3 is 0 Å². The highest BCUT2D eigenvalue weighted by atomic mass is 16.5. The second-order valence-corrected chi connectivity index (χ2v) is 5.23. The highest BCUT2D eigenvalue weighted by molar-refractivity contribution is 5.99. The second-order valence-electron chi connectivity index (χ2n) is 5.23. The third-order valence-electron chi connectivity index (χ3n) is 3.63. The van der Waals surface area contributed by atoms with Crippen LogP contribution in [0.4, 0.5) is 11.4 Å². The normalized spacial score (nSPS) is 16.0. The van der Waals surface area contributed by atoms with Crippen LogP contribution in [0, 0.1) is 0 Å². The number of hydrogen-bond acceptors (Lipinski definition) is 4. The van der Waals surface area contributed by atoms with Gasteiger partial charge in [0, 0.05) is 17.9 Å². The summed E-state index contributed by atoms with van der Waals surface area (Å²) >= 11 is 0. The van der Waals surface area contributed by atoms with E-state index in [-0.39, 0.29) is 0 Å². The summed E-state index contributed by atoms with van der Waals surface area (Å²) in [7, 11) is 0. The van der Waals surface area contributed by atoms with Crippen LogP contribution in [-0.2, 0) is 4.74 Å². The highest BCUT2D eigenvalue weighted by Gasteiger charge is 2.13. The maximum absolute atomic E-state index is 11.3. The molecule has 0 spiro atoms. The van der Waals surface area contributed by atoms with E-state index in [2.05, 4.69) is 5.32 Å². The van der Waals surface area contributed by atoms with Gasteiger partial charge in [0.1, 0.15) is 0 Å². The Morgan fingerprint density at radius 3 is 2.75 bits per heavy atom. The van der Waals surface area contributed by atoms with Crippen LogP contribution in [0.2, 0.25) is 0 Å². The summed E-state index contributed by atoms with van der Waals surface area (Å²) in [4.78, 5) is 11.3. The van der Waals surface area contributed by atoms with Crippen molar-refractivity contribution < 1.29 is 9.53 Å². The van der Waals surface area contributed by atoms with Gasteiger partial charge in [-0.1, -0.05) is 19.3 Å². The summed E-state index contributed by atoms with van der Waals surface area (Å²) in [5.74, 6) is -0.458. The molecule has 2 rings (SSSR count). The number of nitrogen functional groups attached to an aromatic ring is 1. The minimum Gasteiger partial charge on any atom is -0.399 e. The molecular weight excluding hydrogens is 254 g/mol. The predicted molar refractivity (Wildman–Crippen MR) is 80.7 cm³/mol. The molecule has 1 aliphatic rings. The Morgan fingerprint density at radius 1 is 1.30 bits per heavy atom. The van der Waals surface area contributed by atoms with Gasteiger partial charge in [-0.2, -0.15) is 0 Å². The van der Waals surface area contributed by atoms with Crippen molar-refractivity contribution in [2.24, 2.45) is 5.73 Å². The van der Waals surface area contributed by atoms with E-state index in [0.717, 1.165) is 12.8 Å². The molecule has 1 aliphatic carbocycles. The molecule has 0 saturated heterocycles. The monoisotopic (exact) mass is 277 g/mol. The molecule has 1 amide bonds. The van der Waals surface area contributed by atoms with Gasteiger partial charge in [0.05, 0.1) is 18.3 Å². The van der Waals surface area contributed by atoms with Crippen molar-refractivity contribution in [3.63, 3.8) is 0 Å². The van der Waals surface area contributed by atoms with Crippen molar-refractivity contribution in [3.8, 4) is 0 Å². The molecule has 5 nitrogen and oxygen atoms in total. The average Bonchev–Trinajstić information content (AvgIpc) is 2.44. The van der Waals surface area contributed by atoms with E-state index < -0.39 is 5.91 Å². The zero-order chi connectivity index (χ0) is 14.4. The molecule has 0 radical (unpaired) electrons. The summed E-state index contributed by atoms with van der Waals surface area (Å²) in [5.41, 5.74) is 12.8. The van der Waals surface area contributed by atoms with Gasteiger partial charge in [0.25, 0.3) is 5.91 Å². The van der Waals surface area contributed by atoms with Gasteiger partial charge in [0.15, 0.2) is 0 Å². The Labute approximate surface area is 119 Å².